The van der Waals surface area contributed by atoms with Crippen LogP contribution in [0.3, 0.4) is 0 Å². The molecule has 2 heterocycles. The van der Waals surface area contributed by atoms with Gasteiger partial charge in [-0.25, -0.2) is 0 Å². The maximum Gasteiger partial charge on any atom is 0.280 e. The van der Waals surface area contributed by atoms with Gasteiger partial charge in [0.05, 0.1) is 18.8 Å². The highest BCUT2D eigenvalue weighted by atomic mass is 32.2. The van der Waals surface area contributed by atoms with Crippen molar-refractivity contribution in [3.63, 3.8) is 0 Å². The van der Waals surface area contributed by atoms with Crippen molar-refractivity contribution in [3.8, 4) is 0 Å². The molecule has 1 saturated heterocycles. The fourth-order valence-electron chi connectivity index (χ4n) is 1.85. The molecule has 0 unspecified atom stereocenters. The molecule has 0 radical (unpaired) electrons. The first-order chi connectivity index (χ1) is 8.88. The van der Waals surface area contributed by atoms with Gasteiger partial charge in [0, 0.05) is 20.0 Å². The van der Waals surface area contributed by atoms with Gasteiger partial charge in [-0.1, -0.05) is 5.16 Å². The lowest BCUT2D eigenvalue weighted by Gasteiger charge is -2.30. The molecule has 1 aliphatic rings. The molecule has 1 aromatic rings. The molecule has 19 heavy (non-hydrogen) atoms. The third-order valence-electron chi connectivity index (χ3n) is 2.80. The lowest BCUT2D eigenvalue weighted by atomic mass is 10.3. The van der Waals surface area contributed by atoms with Crippen LogP contribution in [0.15, 0.2) is 4.52 Å². The minimum absolute atomic E-state index is 0.104. The van der Waals surface area contributed by atoms with E-state index in [2.05, 4.69) is 14.9 Å². The number of rotatable bonds is 4. The Kier molecular flexibility index (Phi) is 4.19. The smallest absolute Gasteiger partial charge is 0.280 e. The molecule has 0 spiro atoms. The van der Waals surface area contributed by atoms with E-state index in [1.165, 1.54) is 4.31 Å². The second-order valence-electron chi connectivity index (χ2n) is 4.56. The molecule has 9 heteroatoms. The maximum atomic E-state index is 12.2. The Morgan fingerprint density at radius 2 is 2.26 bits per heavy atom. The van der Waals surface area contributed by atoms with Gasteiger partial charge in [-0.05, 0) is 13.8 Å². The van der Waals surface area contributed by atoms with E-state index in [0.717, 1.165) is 0 Å². The number of ether oxygens (including phenoxy) is 1. The fourth-order valence-corrected chi connectivity index (χ4v) is 3.27. The van der Waals surface area contributed by atoms with Gasteiger partial charge >= 0.3 is 0 Å². The van der Waals surface area contributed by atoms with E-state index in [9.17, 15) is 8.42 Å². The van der Waals surface area contributed by atoms with Crippen molar-refractivity contribution in [2.45, 2.75) is 32.9 Å². The predicted octanol–water partition coefficient (Wildman–Crippen LogP) is -0.00588. The summed E-state index contributed by atoms with van der Waals surface area (Å²) in [5.74, 6) is 0.725. The predicted molar refractivity (Wildman–Crippen MR) is 66.5 cm³/mol. The third kappa shape index (κ3) is 3.50. The average molecular weight is 290 g/mol. The zero-order valence-electron chi connectivity index (χ0n) is 11.2. The molecular formula is C10H18N4O4S. The van der Waals surface area contributed by atoms with Crippen LogP contribution in [0.4, 0.5) is 0 Å². The topological polar surface area (TPSA) is 97.6 Å². The molecule has 0 saturated carbocycles. The van der Waals surface area contributed by atoms with Crippen molar-refractivity contribution >= 4 is 10.2 Å². The summed E-state index contributed by atoms with van der Waals surface area (Å²) in [5, 5.41) is 3.70. The highest BCUT2D eigenvalue weighted by molar-refractivity contribution is 7.87. The molecule has 1 fully saturated rings. The van der Waals surface area contributed by atoms with Gasteiger partial charge in [0.1, 0.15) is 0 Å². The van der Waals surface area contributed by atoms with E-state index >= 15 is 0 Å². The Bertz CT molecular complexity index is 529. The first kappa shape index (κ1) is 14.4. The average Bonchev–Trinajstić information content (AvgIpc) is 2.75. The number of nitrogens with zero attached hydrogens (tertiary/aromatic N) is 3. The number of morpholine rings is 1. The molecule has 2 atom stereocenters. The quantitative estimate of drug-likeness (QED) is 0.838. The minimum atomic E-state index is -3.57. The molecule has 108 valence electrons. The summed E-state index contributed by atoms with van der Waals surface area (Å²) in [5.41, 5.74) is 0. The van der Waals surface area contributed by atoms with Gasteiger partial charge in [-0.15, -0.1) is 0 Å². The van der Waals surface area contributed by atoms with Crippen LogP contribution in [0.25, 0.3) is 0 Å². The Morgan fingerprint density at radius 1 is 1.53 bits per heavy atom. The van der Waals surface area contributed by atoms with E-state index in [1.807, 2.05) is 6.92 Å². The molecule has 1 aliphatic heterocycles. The van der Waals surface area contributed by atoms with Crippen LogP contribution in [0.5, 0.6) is 0 Å². The maximum absolute atomic E-state index is 12.2. The van der Waals surface area contributed by atoms with Crippen molar-refractivity contribution < 1.29 is 17.7 Å². The molecule has 0 aromatic carbocycles. The summed E-state index contributed by atoms with van der Waals surface area (Å²) in [7, 11) is -3.57. The Labute approximate surface area is 112 Å². The Morgan fingerprint density at radius 3 is 2.84 bits per heavy atom. The monoisotopic (exact) mass is 290 g/mol. The number of nitrogens with one attached hydrogen (secondary N) is 1. The summed E-state index contributed by atoms with van der Waals surface area (Å²) in [4.78, 5) is 4.01. The van der Waals surface area contributed by atoms with Crippen LogP contribution >= 0.6 is 0 Å². The van der Waals surface area contributed by atoms with Crippen molar-refractivity contribution in [2.75, 3.05) is 19.7 Å². The normalized spacial score (nSPS) is 23.4. The van der Waals surface area contributed by atoms with Crippen LogP contribution in [0.2, 0.25) is 0 Å². The zero-order valence-corrected chi connectivity index (χ0v) is 12.0. The van der Waals surface area contributed by atoms with Crippen molar-refractivity contribution in [2.24, 2.45) is 0 Å². The van der Waals surface area contributed by atoms with Gasteiger partial charge in [0.25, 0.3) is 10.2 Å². The van der Waals surface area contributed by atoms with Gasteiger partial charge in [0.15, 0.2) is 5.82 Å². The van der Waals surface area contributed by atoms with Gasteiger partial charge < -0.3 is 9.26 Å². The van der Waals surface area contributed by atoms with E-state index < -0.39 is 16.3 Å². The van der Waals surface area contributed by atoms with E-state index in [-0.39, 0.29) is 6.10 Å². The number of aryl methyl sites for hydroxylation is 1. The highest BCUT2D eigenvalue weighted by Crippen LogP contribution is 2.13. The Balaban J connectivity index is 2.04. The number of hydrogen-bond donors (Lipinski definition) is 1. The molecular weight excluding hydrogens is 272 g/mol. The second-order valence-corrected chi connectivity index (χ2v) is 6.26. The fraction of sp³-hybridized carbons (Fsp3) is 0.800. The molecule has 0 amide bonds. The van der Waals surface area contributed by atoms with Gasteiger partial charge in [0.2, 0.25) is 5.89 Å². The lowest BCUT2D eigenvalue weighted by Crippen LogP contribution is -2.49. The summed E-state index contributed by atoms with van der Waals surface area (Å²) in [6.45, 7) is 6.25. The van der Waals surface area contributed by atoms with E-state index in [0.29, 0.717) is 31.4 Å². The molecule has 1 aromatic heterocycles. The first-order valence-corrected chi connectivity index (χ1v) is 7.51. The molecule has 0 bridgehead atoms. The van der Waals surface area contributed by atoms with E-state index in [4.69, 9.17) is 9.26 Å². The summed E-state index contributed by atoms with van der Waals surface area (Å²) >= 11 is 0. The van der Waals surface area contributed by atoms with Crippen LogP contribution in [-0.2, 0) is 14.9 Å². The van der Waals surface area contributed by atoms with Crippen LogP contribution in [0, 0.1) is 6.92 Å². The number of hydrogen-bond acceptors (Lipinski definition) is 6. The van der Waals surface area contributed by atoms with Crippen LogP contribution in [-0.4, -0.2) is 48.7 Å². The van der Waals surface area contributed by atoms with Gasteiger partial charge in [-0.2, -0.15) is 22.4 Å². The van der Waals surface area contributed by atoms with Crippen molar-refractivity contribution in [1.82, 2.24) is 19.2 Å². The molecule has 1 N–H and O–H groups in total. The van der Waals surface area contributed by atoms with Crippen LogP contribution < -0.4 is 4.72 Å². The first-order valence-electron chi connectivity index (χ1n) is 6.07. The van der Waals surface area contributed by atoms with Gasteiger partial charge in [-0.3, -0.25) is 0 Å². The largest absolute Gasteiger partial charge is 0.376 e. The zero-order chi connectivity index (χ0) is 14.0. The summed E-state index contributed by atoms with van der Waals surface area (Å²) < 4.78 is 38.4. The van der Waals surface area contributed by atoms with Crippen molar-refractivity contribution in [3.05, 3.63) is 11.7 Å². The SMILES string of the molecule is Cc1nc([C@@H](C)NS(=O)(=O)N2CCO[C@H](C)C2)no1. The molecule has 0 aliphatic carbocycles. The standard InChI is InChI=1S/C10H18N4O4S/c1-7-6-14(4-5-17-7)19(15,16)13-8(2)10-11-9(3)18-12-10/h7-8,13H,4-6H2,1-3H3/t7-,8-/m1/s1. The van der Waals surface area contributed by atoms with Crippen LogP contribution in [0.1, 0.15) is 31.6 Å². The third-order valence-corrected chi connectivity index (χ3v) is 4.46. The molecule has 8 nitrogen and oxygen atoms in total. The summed E-state index contributed by atoms with van der Waals surface area (Å²) in [6.07, 6.45) is -0.104. The van der Waals surface area contributed by atoms with E-state index in [1.54, 1.807) is 13.8 Å². The second kappa shape index (κ2) is 5.53. The number of aromatic nitrogens is 2. The Hall–Kier alpha value is -1.03. The van der Waals surface area contributed by atoms with Crippen molar-refractivity contribution in [1.29, 1.82) is 0 Å². The molecule has 2 rings (SSSR count). The summed E-state index contributed by atoms with van der Waals surface area (Å²) in [6, 6.07) is -0.541. The lowest BCUT2D eigenvalue weighted by molar-refractivity contribution is 0.00967. The highest BCUT2D eigenvalue weighted by Gasteiger charge is 2.29. The minimum Gasteiger partial charge on any atom is -0.376 e.